The molecular formula is C15H15F2NO. The van der Waals surface area contributed by atoms with Gasteiger partial charge in [-0.15, -0.1) is 0 Å². The van der Waals surface area contributed by atoms with E-state index in [4.69, 9.17) is 5.11 Å². The lowest BCUT2D eigenvalue weighted by Gasteiger charge is -2.14. The molecule has 4 heteroatoms. The number of aromatic hydroxyl groups is 1. The van der Waals surface area contributed by atoms with Gasteiger partial charge in [-0.3, -0.25) is 0 Å². The molecule has 0 saturated heterocycles. The van der Waals surface area contributed by atoms with Crippen molar-refractivity contribution in [2.45, 2.75) is 19.5 Å². The zero-order valence-electron chi connectivity index (χ0n) is 10.5. The van der Waals surface area contributed by atoms with Gasteiger partial charge >= 0.3 is 0 Å². The van der Waals surface area contributed by atoms with Gasteiger partial charge in [0.25, 0.3) is 0 Å². The van der Waals surface area contributed by atoms with Gasteiger partial charge < -0.3 is 10.4 Å². The molecular weight excluding hydrogens is 248 g/mol. The minimum Gasteiger partial charge on any atom is -0.505 e. The van der Waals surface area contributed by atoms with Crippen LogP contribution in [0.1, 0.15) is 24.1 Å². The van der Waals surface area contributed by atoms with Crippen LogP contribution in [0.25, 0.3) is 0 Å². The Bertz CT molecular complexity index is 572. The maximum absolute atomic E-state index is 13.2. The Labute approximate surface area is 110 Å². The molecule has 2 nitrogen and oxygen atoms in total. The molecule has 0 saturated carbocycles. The van der Waals surface area contributed by atoms with Crippen molar-refractivity contribution in [3.63, 3.8) is 0 Å². The van der Waals surface area contributed by atoms with Crippen LogP contribution in [0.15, 0.2) is 42.5 Å². The van der Waals surface area contributed by atoms with Crippen molar-refractivity contribution >= 4 is 0 Å². The molecule has 0 aliphatic rings. The molecule has 2 aromatic carbocycles. The predicted molar refractivity (Wildman–Crippen MR) is 69.7 cm³/mol. The van der Waals surface area contributed by atoms with Crippen molar-refractivity contribution in [2.24, 2.45) is 0 Å². The van der Waals surface area contributed by atoms with E-state index in [-0.39, 0.29) is 17.6 Å². The van der Waals surface area contributed by atoms with Crippen molar-refractivity contribution in [1.29, 1.82) is 0 Å². The number of phenols is 1. The highest BCUT2D eigenvalue weighted by molar-refractivity contribution is 5.28. The van der Waals surface area contributed by atoms with Crippen molar-refractivity contribution in [2.75, 3.05) is 0 Å². The predicted octanol–water partition coefficient (Wildman–Crippen LogP) is 3.52. The van der Waals surface area contributed by atoms with Crippen LogP contribution in [0.2, 0.25) is 0 Å². The van der Waals surface area contributed by atoms with Crippen LogP contribution in [-0.4, -0.2) is 5.11 Å². The number of halogens is 2. The van der Waals surface area contributed by atoms with E-state index < -0.39 is 5.82 Å². The third-order valence-corrected chi connectivity index (χ3v) is 2.97. The second kappa shape index (κ2) is 5.80. The van der Waals surface area contributed by atoms with E-state index in [2.05, 4.69) is 5.32 Å². The molecule has 2 N–H and O–H groups in total. The lowest BCUT2D eigenvalue weighted by molar-refractivity contribution is 0.431. The zero-order valence-corrected chi connectivity index (χ0v) is 10.5. The summed E-state index contributed by atoms with van der Waals surface area (Å²) in [7, 11) is 0. The largest absolute Gasteiger partial charge is 0.505 e. The van der Waals surface area contributed by atoms with E-state index in [1.807, 2.05) is 13.0 Å². The molecule has 2 aromatic rings. The molecule has 0 amide bonds. The van der Waals surface area contributed by atoms with Gasteiger partial charge in [0.15, 0.2) is 11.6 Å². The molecule has 0 aliphatic carbocycles. The van der Waals surface area contributed by atoms with Gasteiger partial charge in [0.05, 0.1) is 0 Å². The van der Waals surface area contributed by atoms with Gasteiger partial charge in [0, 0.05) is 12.6 Å². The first kappa shape index (κ1) is 13.5. The minimum atomic E-state index is -0.641. The number of rotatable bonds is 4. The highest BCUT2D eigenvalue weighted by atomic mass is 19.1. The SMILES string of the molecule is C[C@@H](NCc1ccc(O)c(F)c1)c1cccc(F)c1. The molecule has 0 fully saturated rings. The third kappa shape index (κ3) is 3.51. The molecule has 0 bridgehead atoms. The van der Waals surface area contributed by atoms with Crippen molar-refractivity contribution in [1.82, 2.24) is 5.32 Å². The van der Waals surface area contributed by atoms with Crippen LogP contribution in [0, 0.1) is 11.6 Å². The van der Waals surface area contributed by atoms with Crippen molar-refractivity contribution in [3.8, 4) is 5.75 Å². The minimum absolute atomic E-state index is 0.0486. The maximum atomic E-state index is 13.2. The highest BCUT2D eigenvalue weighted by Gasteiger charge is 2.07. The van der Waals surface area contributed by atoms with E-state index in [1.165, 1.54) is 24.3 Å². The topological polar surface area (TPSA) is 32.3 Å². The summed E-state index contributed by atoms with van der Waals surface area (Å²) in [5.74, 6) is -1.28. The molecule has 0 aliphatic heterocycles. The van der Waals surface area contributed by atoms with Gasteiger partial charge in [-0.1, -0.05) is 18.2 Å². The van der Waals surface area contributed by atoms with Gasteiger partial charge in [-0.25, -0.2) is 8.78 Å². The first-order valence-corrected chi connectivity index (χ1v) is 6.02. The van der Waals surface area contributed by atoms with E-state index in [0.717, 1.165) is 11.1 Å². The number of nitrogens with one attached hydrogen (secondary N) is 1. The second-order valence-corrected chi connectivity index (χ2v) is 4.44. The number of benzene rings is 2. The Morgan fingerprint density at radius 2 is 1.95 bits per heavy atom. The molecule has 2 rings (SSSR count). The van der Waals surface area contributed by atoms with E-state index in [1.54, 1.807) is 12.1 Å². The summed E-state index contributed by atoms with van der Waals surface area (Å²) >= 11 is 0. The van der Waals surface area contributed by atoms with Crippen molar-refractivity contribution < 1.29 is 13.9 Å². The van der Waals surface area contributed by atoms with E-state index in [9.17, 15) is 8.78 Å². The summed E-state index contributed by atoms with van der Waals surface area (Å²) in [5.41, 5.74) is 1.55. The Morgan fingerprint density at radius 3 is 2.63 bits per heavy atom. The Hall–Kier alpha value is -1.94. The van der Waals surface area contributed by atoms with Gasteiger partial charge in [0.2, 0.25) is 0 Å². The van der Waals surface area contributed by atoms with Crippen LogP contribution < -0.4 is 5.32 Å². The lowest BCUT2D eigenvalue weighted by Crippen LogP contribution is -2.18. The number of hydrogen-bond donors (Lipinski definition) is 2. The first-order chi connectivity index (χ1) is 9.06. The standard InChI is InChI=1S/C15H15F2NO/c1-10(12-3-2-4-13(16)8-12)18-9-11-5-6-15(19)14(17)7-11/h2-8,10,18-19H,9H2,1H3/t10-/m1/s1. The van der Waals surface area contributed by atoms with Gasteiger partial charge in [0.1, 0.15) is 5.82 Å². The normalized spacial score (nSPS) is 12.4. The molecule has 19 heavy (non-hydrogen) atoms. The summed E-state index contributed by atoms with van der Waals surface area (Å²) in [5, 5.41) is 12.3. The van der Waals surface area contributed by atoms with Crippen LogP contribution >= 0.6 is 0 Å². The molecule has 0 aromatic heterocycles. The molecule has 0 radical (unpaired) electrons. The number of hydrogen-bond acceptors (Lipinski definition) is 2. The Kier molecular flexibility index (Phi) is 4.12. The van der Waals surface area contributed by atoms with Crippen LogP contribution in [0.5, 0.6) is 5.75 Å². The highest BCUT2D eigenvalue weighted by Crippen LogP contribution is 2.18. The first-order valence-electron chi connectivity index (χ1n) is 6.02. The second-order valence-electron chi connectivity index (χ2n) is 4.44. The fraction of sp³-hybridized carbons (Fsp3) is 0.200. The number of phenolic OH excluding ortho intramolecular Hbond substituents is 1. The van der Waals surface area contributed by atoms with Gasteiger partial charge in [-0.2, -0.15) is 0 Å². The lowest BCUT2D eigenvalue weighted by atomic mass is 10.1. The van der Waals surface area contributed by atoms with Crippen LogP contribution in [0.3, 0.4) is 0 Å². The summed E-state index contributed by atoms with van der Waals surface area (Å²) in [6, 6.07) is 10.5. The zero-order chi connectivity index (χ0) is 13.8. The smallest absolute Gasteiger partial charge is 0.165 e. The Morgan fingerprint density at radius 1 is 1.16 bits per heavy atom. The van der Waals surface area contributed by atoms with Crippen molar-refractivity contribution in [3.05, 3.63) is 65.2 Å². The average Bonchev–Trinajstić information content (AvgIpc) is 2.40. The van der Waals surface area contributed by atoms with E-state index >= 15 is 0 Å². The third-order valence-electron chi connectivity index (χ3n) is 2.97. The molecule has 100 valence electrons. The Balaban J connectivity index is 2.00. The molecule has 0 heterocycles. The molecule has 0 spiro atoms. The summed E-state index contributed by atoms with van der Waals surface area (Å²) in [6.45, 7) is 2.35. The summed E-state index contributed by atoms with van der Waals surface area (Å²) in [6.07, 6.45) is 0. The van der Waals surface area contributed by atoms with E-state index in [0.29, 0.717) is 6.54 Å². The molecule has 1 atom stereocenters. The van der Waals surface area contributed by atoms with Gasteiger partial charge in [-0.05, 0) is 42.3 Å². The molecule has 0 unspecified atom stereocenters. The fourth-order valence-electron chi connectivity index (χ4n) is 1.83. The average molecular weight is 263 g/mol. The van der Waals surface area contributed by atoms with Crippen LogP contribution in [0.4, 0.5) is 8.78 Å². The monoisotopic (exact) mass is 263 g/mol. The quantitative estimate of drug-likeness (QED) is 0.884. The maximum Gasteiger partial charge on any atom is 0.165 e. The fourth-order valence-corrected chi connectivity index (χ4v) is 1.83. The van der Waals surface area contributed by atoms with Crippen LogP contribution in [-0.2, 0) is 6.54 Å². The summed E-state index contributed by atoms with van der Waals surface area (Å²) < 4.78 is 26.2. The summed E-state index contributed by atoms with van der Waals surface area (Å²) in [4.78, 5) is 0.